The third-order valence-electron chi connectivity index (χ3n) is 1.77. The van der Waals surface area contributed by atoms with E-state index in [1.165, 1.54) is 6.92 Å². The van der Waals surface area contributed by atoms with E-state index in [1.807, 2.05) is 30.3 Å². The van der Waals surface area contributed by atoms with Crippen LogP contribution in [0.5, 0.6) is 0 Å². The molecular formula is C11H12O4S2. The first-order valence-electron chi connectivity index (χ1n) is 4.93. The van der Waals surface area contributed by atoms with Crippen LogP contribution in [0.2, 0.25) is 0 Å². The van der Waals surface area contributed by atoms with Gasteiger partial charge in [-0.3, -0.25) is 9.59 Å². The predicted octanol–water partition coefficient (Wildman–Crippen LogP) is 2.94. The van der Waals surface area contributed by atoms with Crippen molar-refractivity contribution in [3.63, 3.8) is 0 Å². The van der Waals surface area contributed by atoms with E-state index >= 15 is 0 Å². The Balaban J connectivity index is 2.11. The minimum Gasteiger partial charge on any atom is -0.376 e. The molecule has 0 N–H and O–H groups in total. The second-order valence-electron chi connectivity index (χ2n) is 3.15. The van der Waals surface area contributed by atoms with E-state index in [9.17, 15) is 9.59 Å². The summed E-state index contributed by atoms with van der Waals surface area (Å²) in [5.41, 5.74) is 1.09. The van der Waals surface area contributed by atoms with Gasteiger partial charge in [0, 0.05) is 6.92 Å². The lowest BCUT2D eigenvalue weighted by molar-refractivity contribution is -0.133. The van der Waals surface area contributed by atoms with Crippen molar-refractivity contribution in [3.05, 3.63) is 35.9 Å². The van der Waals surface area contributed by atoms with Gasteiger partial charge in [-0.2, -0.15) is 0 Å². The molecule has 0 aliphatic heterocycles. The first-order valence-corrected chi connectivity index (χ1v) is 6.93. The molecule has 0 unspecified atom stereocenters. The minimum absolute atomic E-state index is 0.303. The van der Waals surface area contributed by atoms with Gasteiger partial charge in [0.1, 0.15) is 0 Å². The molecule has 0 fully saturated rings. The highest BCUT2D eigenvalue weighted by molar-refractivity contribution is 8.73. The molecule has 92 valence electrons. The van der Waals surface area contributed by atoms with Gasteiger partial charge in [-0.1, -0.05) is 30.3 Å². The van der Waals surface area contributed by atoms with E-state index in [0.717, 1.165) is 27.7 Å². The van der Waals surface area contributed by atoms with E-state index in [2.05, 4.69) is 4.18 Å². The maximum absolute atomic E-state index is 11.3. The maximum Gasteiger partial charge on any atom is 0.319 e. The number of carbonyl (C=O) groups is 2. The number of hydrogen-bond acceptors (Lipinski definition) is 6. The van der Waals surface area contributed by atoms with Crippen LogP contribution in [0.25, 0.3) is 0 Å². The molecule has 0 amide bonds. The fraction of sp³-hybridized carbons (Fsp3) is 0.273. The molecule has 0 saturated heterocycles. The van der Waals surface area contributed by atoms with Gasteiger partial charge in [-0.15, -0.1) is 0 Å². The molecule has 4 nitrogen and oxygen atoms in total. The van der Waals surface area contributed by atoms with Crippen LogP contribution in [-0.4, -0.2) is 11.9 Å². The van der Waals surface area contributed by atoms with Gasteiger partial charge in [0.25, 0.3) is 0 Å². The molecule has 0 aliphatic rings. The van der Waals surface area contributed by atoms with Crippen molar-refractivity contribution in [1.29, 1.82) is 0 Å². The van der Waals surface area contributed by atoms with Crippen molar-refractivity contribution in [2.45, 2.75) is 19.8 Å². The van der Waals surface area contributed by atoms with E-state index < -0.39 is 5.97 Å². The van der Waals surface area contributed by atoms with Crippen LogP contribution in [0.3, 0.4) is 0 Å². The fourth-order valence-corrected chi connectivity index (χ4v) is 2.04. The molecule has 0 spiro atoms. The van der Waals surface area contributed by atoms with Crippen molar-refractivity contribution >= 4 is 34.1 Å². The highest BCUT2D eigenvalue weighted by atomic mass is 33.1. The zero-order chi connectivity index (χ0) is 12.5. The van der Waals surface area contributed by atoms with Crippen molar-refractivity contribution < 1.29 is 18.0 Å². The monoisotopic (exact) mass is 272 g/mol. The number of hydrogen-bond donors (Lipinski definition) is 0. The molecule has 1 aromatic rings. The average molecular weight is 272 g/mol. The summed E-state index contributed by atoms with van der Waals surface area (Å²) in [6.45, 7) is 1.28. The number of aryl methyl sites for hydroxylation is 1. The van der Waals surface area contributed by atoms with Crippen LogP contribution >= 0.6 is 22.1 Å². The third kappa shape index (κ3) is 6.91. The van der Waals surface area contributed by atoms with Crippen molar-refractivity contribution in [3.8, 4) is 0 Å². The van der Waals surface area contributed by atoms with Gasteiger partial charge in [0.05, 0.1) is 6.42 Å². The minimum atomic E-state index is -0.428. The number of carbonyl (C=O) groups excluding carboxylic acids is 2. The second kappa shape index (κ2) is 8.03. The Morgan fingerprint density at radius 1 is 1.12 bits per heavy atom. The Kier molecular flexibility index (Phi) is 6.57. The number of rotatable bonds is 6. The Hall–Kier alpha value is -1.14. The van der Waals surface area contributed by atoms with E-state index in [0.29, 0.717) is 12.8 Å². The topological polar surface area (TPSA) is 52.6 Å². The van der Waals surface area contributed by atoms with Gasteiger partial charge in [0.15, 0.2) is 22.1 Å². The van der Waals surface area contributed by atoms with Crippen LogP contribution in [0.4, 0.5) is 0 Å². The van der Waals surface area contributed by atoms with Crippen molar-refractivity contribution in [2.24, 2.45) is 0 Å². The zero-order valence-corrected chi connectivity index (χ0v) is 10.9. The molecule has 0 heterocycles. The van der Waals surface area contributed by atoms with Crippen LogP contribution in [-0.2, 0) is 24.4 Å². The van der Waals surface area contributed by atoms with E-state index in [1.54, 1.807) is 0 Å². The Labute approximate surface area is 108 Å². The highest BCUT2D eigenvalue weighted by Crippen LogP contribution is 2.24. The molecule has 0 bridgehead atoms. The van der Waals surface area contributed by atoms with E-state index in [4.69, 9.17) is 4.18 Å². The van der Waals surface area contributed by atoms with Gasteiger partial charge in [-0.25, -0.2) is 0 Å². The third-order valence-corrected chi connectivity index (χ3v) is 2.95. The van der Waals surface area contributed by atoms with Crippen molar-refractivity contribution in [1.82, 2.24) is 0 Å². The van der Waals surface area contributed by atoms with Gasteiger partial charge >= 0.3 is 11.9 Å². The van der Waals surface area contributed by atoms with Crippen molar-refractivity contribution in [2.75, 3.05) is 0 Å². The second-order valence-corrected chi connectivity index (χ2v) is 4.57. The van der Waals surface area contributed by atoms with Crippen LogP contribution < -0.4 is 0 Å². The van der Waals surface area contributed by atoms with Crippen LogP contribution in [0.15, 0.2) is 30.3 Å². The summed E-state index contributed by atoms with van der Waals surface area (Å²) in [5, 5.41) is 0. The summed E-state index contributed by atoms with van der Waals surface area (Å²) in [7, 11) is 0. The van der Waals surface area contributed by atoms with E-state index in [-0.39, 0.29) is 5.97 Å². The largest absolute Gasteiger partial charge is 0.376 e. The molecule has 17 heavy (non-hydrogen) atoms. The average Bonchev–Trinajstić information content (AvgIpc) is 2.33. The molecule has 0 saturated carbocycles. The summed E-state index contributed by atoms with van der Waals surface area (Å²) in [4.78, 5) is 21.7. The normalized spacial score (nSPS) is 9.71. The summed E-state index contributed by atoms with van der Waals surface area (Å²) < 4.78 is 9.30. The molecule has 1 rings (SSSR count). The first kappa shape index (κ1) is 13.9. The summed E-state index contributed by atoms with van der Waals surface area (Å²) in [5.74, 6) is -0.763. The predicted molar refractivity (Wildman–Crippen MR) is 67.8 cm³/mol. The van der Waals surface area contributed by atoms with Gasteiger partial charge < -0.3 is 8.37 Å². The van der Waals surface area contributed by atoms with Gasteiger partial charge in [-0.05, 0) is 12.0 Å². The zero-order valence-electron chi connectivity index (χ0n) is 9.25. The SMILES string of the molecule is CC(=O)OSSOC(=O)CCc1ccccc1. The highest BCUT2D eigenvalue weighted by Gasteiger charge is 2.06. The molecule has 0 aliphatic carbocycles. The molecule has 0 atom stereocenters. The molecule has 0 aromatic heterocycles. The smallest absolute Gasteiger partial charge is 0.319 e. The van der Waals surface area contributed by atoms with Crippen LogP contribution in [0, 0.1) is 0 Å². The summed E-state index contributed by atoms with van der Waals surface area (Å²) >= 11 is 1.48. The quantitative estimate of drug-likeness (QED) is 0.451. The lowest BCUT2D eigenvalue weighted by Gasteiger charge is -2.01. The standard InChI is InChI=1S/C11H12O4S2/c1-9(12)14-16-17-15-11(13)8-7-10-5-3-2-4-6-10/h2-6H,7-8H2,1H3. The summed E-state index contributed by atoms with van der Waals surface area (Å²) in [6.07, 6.45) is 0.941. The molecular weight excluding hydrogens is 260 g/mol. The molecule has 6 heteroatoms. The van der Waals surface area contributed by atoms with Gasteiger partial charge in [0.2, 0.25) is 0 Å². The fourth-order valence-electron chi connectivity index (χ4n) is 1.05. The first-order chi connectivity index (χ1) is 8.18. The Bertz CT molecular complexity index is 367. The summed E-state index contributed by atoms with van der Waals surface area (Å²) in [6, 6.07) is 9.67. The lowest BCUT2D eigenvalue weighted by atomic mass is 10.1. The van der Waals surface area contributed by atoms with Crippen LogP contribution in [0.1, 0.15) is 18.9 Å². The Morgan fingerprint density at radius 2 is 1.76 bits per heavy atom. The number of benzene rings is 1. The maximum atomic E-state index is 11.3. The lowest BCUT2D eigenvalue weighted by Crippen LogP contribution is -2.00. The Morgan fingerprint density at radius 3 is 2.41 bits per heavy atom. The molecule has 0 radical (unpaired) electrons. The molecule has 1 aromatic carbocycles.